The number of hydrogen-bond donors (Lipinski definition) is 4. The van der Waals surface area contributed by atoms with Crippen molar-refractivity contribution in [2.45, 2.75) is 51.4 Å². The van der Waals surface area contributed by atoms with Crippen molar-refractivity contribution in [2.24, 2.45) is 0 Å². The average Bonchev–Trinajstić information content (AvgIpc) is 2.46. The van der Waals surface area contributed by atoms with Gasteiger partial charge in [0.2, 0.25) is 0 Å². The summed E-state index contributed by atoms with van der Waals surface area (Å²) in [6.07, 6.45) is -0.139. The molecule has 0 aromatic heterocycles. The van der Waals surface area contributed by atoms with Gasteiger partial charge in [-0.1, -0.05) is 31.2 Å². The third kappa shape index (κ3) is 6.25. The quantitative estimate of drug-likeness (QED) is 0.554. The minimum atomic E-state index is -0.896. The smallest absolute Gasteiger partial charge is 0.303 e. The van der Waals surface area contributed by atoms with E-state index in [0.717, 1.165) is 12.0 Å². The summed E-state index contributed by atoms with van der Waals surface area (Å²) in [4.78, 5) is 10.7. The van der Waals surface area contributed by atoms with Crippen LogP contribution in [-0.4, -0.2) is 40.0 Å². The second kappa shape index (κ2) is 8.77. The van der Waals surface area contributed by atoms with Crippen molar-refractivity contribution < 1.29 is 20.1 Å². The van der Waals surface area contributed by atoms with Crippen LogP contribution >= 0.6 is 0 Å². The first-order valence-corrected chi connectivity index (χ1v) is 7.34. The molecule has 0 spiro atoms. The molecule has 1 aromatic rings. The molecule has 5 nitrogen and oxygen atoms in total. The van der Waals surface area contributed by atoms with Crippen molar-refractivity contribution in [3.8, 4) is 0 Å². The van der Waals surface area contributed by atoms with Gasteiger partial charge < -0.3 is 20.6 Å². The minimum absolute atomic E-state index is 0.0262. The molecule has 0 saturated carbocycles. The van der Waals surface area contributed by atoms with E-state index in [1.165, 1.54) is 5.56 Å². The normalized spacial score (nSPS) is 15.4. The van der Waals surface area contributed by atoms with Crippen LogP contribution in [0.2, 0.25) is 0 Å². The summed E-state index contributed by atoms with van der Waals surface area (Å²) in [5, 5.41) is 31.6. The molecule has 0 radical (unpaired) electrons. The van der Waals surface area contributed by atoms with Crippen LogP contribution in [0.25, 0.3) is 0 Å². The first kappa shape index (κ1) is 17.6. The molecule has 0 amide bonds. The Balaban J connectivity index is 2.75. The highest BCUT2D eigenvalue weighted by molar-refractivity contribution is 5.66. The molecular weight excluding hydrogens is 270 g/mol. The first-order chi connectivity index (χ1) is 9.93. The molecule has 0 aliphatic carbocycles. The second-order valence-electron chi connectivity index (χ2n) is 5.34. The summed E-state index contributed by atoms with van der Waals surface area (Å²) in [6.45, 7) is 4.02. The van der Waals surface area contributed by atoms with Gasteiger partial charge in [0.15, 0.2) is 0 Å². The average molecular weight is 295 g/mol. The van der Waals surface area contributed by atoms with Crippen molar-refractivity contribution in [3.63, 3.8) is 0 Å². The Hall–Kier alpha value is -1.43. The molecule has 0 saturated heterocycles. The van der Waals surface area contributed by atoms with E-state index in [9.17, 15) is 15.0 Å². The van der Waals surface area contributed by atoms with Gasteiger partial charge in [0.1, 0.15) is 0 Å². The van der Waals surface area contributed by atoms with E-state index in [0.29, 0.717) is 13.0 Å². The lowest BCUT2D eigenvalue weighted by Gasteiger charge is -2.25. The number of hydrogen-bond acceptors (Lipinski definition) is 4. The molecule has 3 atom stereocenters. The number of rotatable bonds is 9. The van der Waals surface area contributed by atoms with Gasteiger partial charge in [-0.05, 0) is 30.9 Å². The topological polar surface area (TPSA) is 89.8 Å². The van der Waals surface area contributed by atoms with E-state index >= 15 is 0 Å². The lowest BCUT2D eigenvalue weighted by molar-refractivity contribution is -0.137. The van der Waals surface area contributed by atoms with E-state index < -0.39 is 24.2 Å². The highest BCUT2D eigenvalue weighted by Crippen LogP contribution is 2.21. The summed E-state index contributed by atoms with van der Waals surface area (Å²) in [7, 11) is 0. The Kier molecular flexibility index (Phi) is 7.36. The van der Waals surface area contributed by atoms with Gasteiger partial charge in [0, 0.05) is 19.0 Å². The van der Waals surface area contributed by atoms with Crippen LogP contribution in [0, 0.1) is 0 Å². The van der Waals surface area contributed by atoms with Crippen LogP contribution in [0.5, 0.6) is 0 Å². The molecule has 1 aromatic carbocycles. The molecule has 4 N–H and O–H groups in total. The minimum Gasteiger partial charge on any atom is -0.481 e. The van der Waals surface area contributed by atoms with Crippen LogP contribution in [0.1, 0.15) is 43.9 Å². The molecule has 5 heteroatoms. The molecule has 3 unspecified atom stereocenters. The summed E-state index contributed by atoms with van der Waals surface area (Å²) >= 11 is 0. The highest BCUT2D eigenvalue weighted by atomic mass is 16.4. The van der Waals surface area contributed by atoms with Gasteiger partial charge in [-0.15, -0.1) is 0 Å². The van der Waals surface area contributed by atoms with Crippen LogP contribution in [-0.2, 0) is 11.2 Å². The van der Waals surface area contributed by atoms with E-state index in [1.54, 1.807) is 6.92 Å². The number of nitrogens with one attached hydrogen (secondary N) is 1. The zero-order valence-corrected chi connectivity index (χ0v) is 12.6. The molecule has 0 heterocycles. The molecule has 1 rings (SSSR count). The number of benzene rings is 1. The van der Waals surface area contributed by atoms with Crippen LogP contribution < -0.4 is 5.32 Å². The molecular formula is C16H25NO4. The maximum atomic E-state index is 10.7. The van der Waals surface area contributed by atoms with E-state index in [-0.39, 0.29) is 6.42 Å². The maximum Gasteiger partial charge on any atom is 0.303 e. The van der Waals surface area contributed by atoms with Gasteiger partial charge in [-0.2, -0.15) is 0 Å². The number of aliphatic carboxylic acids is 1. The molecule has 118 valence electrons. The summed E-state index contributed by atoms with van der Waals surface area (Å²) < 4.78 is 0. The van der Waals surface area contributed by atoms with Crippen LogP contribution in [0.4, 0.5) is 0 Å². The molecule has 0 aliphatic rings. The Morgan fingerprint density at radius 3 is 2.33 bits per heavy atom. The number of aryl methyl sites for hydroxylation is 1. The van der Waals surface area contributed by atoms with Gasteiger partial charge in [-0.25, -0.2) is 0 Å². The Morgan fingerprint density at radius 1 is 1.24 bits per heavy atom. The molecule has 0 bridgehead atoms. The third-order valence-electron chi connectivity index (χ3n) is 3.46. The van der Waals surface area contributed by atoms with Crippen LogP contribution in [0.3, 0.4) is 0 Å². The number of aliphatic hydroxyl groups excluding tert-OH is 2. The van der Waals surface area contributed by atoms with Gasteiger partial charge in [0.25, 0.3) is 0 Å². The Bertz CT molecular complexity index is 430. The predicted octanol–water partition coefficient (Wildman–Crippen LogP) is 1.49. The lowest BCUT2D eigenvalue weighted by atomic mass is 9.97. The van der Waals surface area contributed by atoms with Crippen molar-refractivity contribution in [2.75, 3.05) is 6.54 Å². The lowest BCUT2D eigenvalue weighted by Crippen LogP contribution is -2.39. The summed E-state index contributed by atoms with van der Waals surface area (Å²) in [6, 6.07) is 7.24. The van der Waals surface area contributed by atoms with Crippen molar-refractivity contribution in [3.05, 3.63) is 35.4 Å². The number of carbonyl (C=O) groups is 1. The number of carboxylic acids is 1. The standard InChI is InChI=1S/C16H25NO4/c1-3-12-4-6-13(7-5-12)16(21)14(8-9-15(19)20)17-10-11(2)18/h4-7,11,14,16-18,21H,3,8-10H2,1-2H3,(H,19,20). The fourth-order valence-electron chi connectivity index (χ4n) is 2.16. The summed E-state index contributed by atoms with van der Waals surface area (Å²) in [5.41, 5.74) is 1.94. The van der Waals surface area contributed by atoms with Crippen molar-refractivity contribution in [1.29, 1.82) is 0 Å². The van der Waals surface area contributed by atoms with E-state index in [2.05, 4.69) is 12.2 Å². The zero-order valence-electron chi connectivity index (χ0n) is 12.6. The summed E-state index contributed by atoms with van der Waals surface area (Å²) in [5.74, 6) is -0.896. The molecule has 0 fully saturated rings. The fourth-order valence-corrected chi connectivity index (χ4v) is 2.16. The van der Waals surface area contributed by atoms with E-state index in [4.69, 9.17) is 5.11 Å². The van der Waals surface area contributed by atoms with E-state index in [1.807, 2.05) is 24.3 Å². The second-order valence-corrected chi connectivity index (χ2v) is 5.34. The van der Waals surface area contributed by atoms with Gasteiger partial charge >= 0.3 is 5.97 Å². The highest BCUT2D eigenvalue weighted by Gasteiger charge is 2.21. The largest absolute Gasteiger partial charge is 0.481 e. The van der Waals surface area contributed by atoms with Crippen molar-refractivity contribution in [1.82, 2.24) is 5.32 Å². The zero-order chi connectivity index (χ0) is 15.8. The first-order valence-electron chi connectivity index (χ1n) is 7.34. The maximum absolute atomic E-state index is 10.7. The number of aliphatic hydroxyl groups is 2. The Morgan fingerprint density at radius 2 is 1.86 bits per heavy atom. The fraction of sp³-hybridized carbons (Fsp3) is 0.562. The van der Waals surface area contributed by atoms with Crippen molar-refractivity contribution >= 4 is 5.97 Å². The predicted molar refractivity (Wildman–Crippen MR) is 81.1 cm³/mol. The SMILES string of the molecule is CCc1ccc(C(O)C(CCC(=O)O)NCC(C)O)cc1. The Labute approximate surface area is 125 Å². The monoisotopic (exact) mass is 295 g/mol. The van der Waals surface area contributed by atoms with Gasteiger partial charge in [0.05, 0.1) is 12.2 Å². The third-order valence-corrected chi connectivity index (χ3v) is 3.46. The van der Waals surface area contributed by atoms with Crippen LogP contribution in [0.15, 0.2) is 24.3 Å². The number of carboxylic acid groups (broad SMARTS) is 1. The molecule has 21 heavy (non-hydrogen) atoms. The molecule has 0 aliphatic heterocycles. The van der Waals surface area contributed by atoms with Gasteiger partial charge in [-0.3, -0.25) is 4.79 Å².